The van der Waals surface area contributed by atoms with Gasteiger partial charge in [-0.05, 0) is 108 Å². The first-order valence-electron chi connectivity index (χ1n) is 17.6. The van der Waals surface area contributed by atoms with Crippen LogP contribution in [0.3, 0.4) is 0 Å². The predicted molar refractivity (Wildman–Crippen MR) is 224 cm³/mol. The standard InChI is InChI=1S/C26H22P2.C20H28N2.Os/c1-5-13-23(14-6-1)27(24-15-7-2-8-16-24)21-22-28(25-17-9-3-10-18-25)26-19-11-4-12-20-26;1-19(2,3)13-15-7-9-21-17(11-15)18-12-16(8-10-22-18)14-20(4,5)6;/h1-22H;7-12H,13-14H2,1-6H3;/p+2/b22-21-;;. The van der Waals surface area contributed by atoms with Crippen LogP contribution in [0.25, 0.3) is 11.4 Å². The van der Waals surface area contributed by atoms with Crippen molar-refractivity contribution < 1.29 is 19.8 Å². The molecule has 2 heterocycles. The zero-order chi connectivity index (χ0) is 35.4. The van der Waals surface area contributed by atoms with Gasteiger partial charge in [-0.3, -0.25) is 9.97 Å². The minimum absolute atomic E-state index is 0. The fourth-order valence-electron chi connectivity index (χ4n) is 6.03. The molecule has 4 aromatic carbocycles. The second-order valence-corrected chi connectivity index (χ2v) is 19.8. The Morgan fingerprint density at radius 3 is 0.961 bits per heavy atom. The number of benzene rings is 4. The first kappa shape index (κ1) is 40.2. The summed E-state index contributed by atoms with van der Waals surface area (Å²) in [7, 11) is -1.93. The van der Waals surface area contributed by atoms with E-state index < -0.39 is 15.8 Å². The number of rotatable bonds is 9. The van der Waals surface area contributed by atoms with E-state index in [1.165, 1.54) is 32.3 Å². The molecule has 0 N–H and O–H groups in total. The average molecular weight is 885 g/mol. The smallest absolute Gasteiger partial charge is 0.102 e. The molecule has 6 rings (SSSR count). The summed E-state index contributed by atoms with van der Waals surface area (Å²) in [5, 5.41) is 5.71. The fourth-order valence-corrected chi connectivity index (χ4v) is 11.0. The van der Waals surface area contributed by atoms with Crippen molar-refractivity contribution in [1.29, 1.82) is 0 Å². The van der Waals surface area contributed by atoms with Gasteiger partial charge in [0.15, 0.2) is 0 Å². The van der Waals surface area contributed by atoms with E-state index in [2.05, 4.69) is 209 Å². The number of hydrogen-bond acceptors (Lipinski definition) is 2. The minimum Gasteiger partial charge on any atom is -0.255 e. The van der Waals surface area contributed by atoms with Gasteiger partial charge < -0.3 is 0 Å². The van der Waals surface area contributed by atoms with Gasteiger partial charge in [0, 0.05) is 32.2 Å². The van der Waals surface area contributed by atoms with Crippen LogP contribution >= 0.6 is 15.8 Å². The van der Waals surface area contributed by atoms with Crippen molar-refractivity contribution in [2.45, 2.75) is 54.4 Å². The normalized spacial score (nSPS) is 11.6. The fraction of sp³-hybridized carbons (Fsp3) is 0.217. The van der Waals surface area contributed by atoms with Gasteiger partial charge in [0.25, 0.3) is 0 Å². The number of aromatic nitrogens is 2. The molecule has 262 valence electrons. The molecule has 0 aliphatic rings. The van der Waals surface area contributed by atoms with E-state index in [0.29, 0.717) is 0 Å². The molecule has 2 aromatic heterocycles. The van der Waals surface area contributed by atoms with Crippen LogP contribution in [0.1, 0.15) is 52.7 Å². The van der Waals surface area contributed by atoms with E-state index in [1.807, 2.05) is 12.4 Å². The first-order valence-corrected chi connectivity index (χ1v) is 20.7. The molecule has 0 amide bonds. The third-order valence-corrected chi connectivity index (χ3v) is 13.3. The maximum Gasteiger partial charge on any atom is 0.102 e. The second kappa shape index (κ2) is 19.3. The SMILES string of the molecule is C(=C/[PH+](c1ccccc1)c1ccccc1)/[PH+](c1ccccc1)c1ccccc1.CC(C)(C)Cc1ccnc(-c2cc(CC(C)(C)C)ccn2)c1.[Os]. The Labute approximate surface area is 322 Å². The van der Waals surface area contributed by atoms with Crippen molar-refractivity contribution in [3.63, 3.8) is 0 Å². The first-order chi connectivity index (χ1) is 24.0. The van der Waals surface area contributed by atoms with Crippen LogP contribution in [-0.4, -0.2) is 9.97 Å². The van der Waals surface area contributed by atoms with Crippen molar-refractivity contribution >= 4 is 37.1 Å². The summed E-state index contributed by atoms with van der Waals surface area (Å²) in [5.41, 5.74) is 5.14. The summed E-state index contributed by atoms with van der Waals surface area (Å²) in [6.07, 6.45) is 5.89. The molecule has 0 unspecified atom stereocenters. The second-order valence-electron chi connectivity index (χ2n) is 15.2. The number of hydrogen-bond donors (Lipinski definition) is 0. The minimum atomic E-state index is -0.964. The van der Waals surface area contributed by atoms with Gasteiger partial charge in [0.1, 0.15) is 32.9 Å². The third-order valence-electron chi connectivity index (χ3n) is 8.14. The van der Waals surface area contributed by atoms with Crippen LogP contribution in [0.15, 0.2) is 170 Å². The van der Waals surface area contributed by atoms with Gasteiger partial charge in [-0.25, -0.2) is 0 Å². The molecule has 2 nitrogen and oxygen atoms in total. The summed E-state index contributed by atoms with van der Waals surface area (Å²) >= 11 is 0. The largest absolute Gasteiger partial charge is 0.255 e. The monoisotopic (exact) mass is 886 g/mol. The quantitative estimate of drug-likeness (QED) is 0.135. The molecule has 0 saturated heterocycles. The molecule has 0 saturated carbocycles. The topological polar surface area (TPSA) is 25.8 Å². The van der Waals surface area contributed by atoms with Gasteiger partial charge >= 0.3 is 0 Å². The molecule has 0 aliphatic carbocycles. The Kier molecular flexibility index (Phi) is 15.2. The Morgan fingerprint density at radius 1 is 0.431 bits per heavy atom. The summed E-state index contributed by atoms with van der Waals surface area (Å²) < 4.78 is 0. The maximum atomic E-state index is 4.51. The van der Waals surface area contributed by atoms with E-state index >= 15 is 0 Å². The summed E-state index contributed by atoms with van der Waals surface area (Å²) in [4.78, 5) is 9.03. The zero-order valence-electron chi connectivity index (χ0n) is 30.8. The van der Waals surface area contributed by atoms with Crippen molar-refractivity contribution in [2.24, 2.45) is 10.8 Å². The van der Waals surface area contributed by atoms with Gasteiger partial charge in [-0.15, -0.1) is 0 Å². The molecule has 0 aliphatic heterocycles. The molecule has 6 aromatic rings. The Balaban J connectivity index is 0.000000231. The predicted octanol–water partition coefficient (Wildman–Crippen LogP) is 10.5. The number of nitrogens with zero attached hydrogens (tertiary/aromatic N) is 2. The third kappa shape index (κ3) is 13.2. The summed E-state index contributed by atoms with van der Waals surface area (Å²) in [6, 6.07) is 52.3. The molecule has 0 radical (unpaired) electrons. The molecule has 5 heteroatoms. The van der Waals surface area contributed by atoms with Gasteiger partial charge in [-0.2, -0.15) is 0 Å². The van der Waals surface area contributed by atoms with Gasteiger partial charge in [0.2, 0.25) is 0 Å². The molecule has 0 fully saturated rings. The average Bonchev–Trinajstić information content (AvgIpc) is 3.11. The van der Waals surface area contributed by atoms with E-state index in [1.54, 1.807) is 0 Å². The van der Waals surface area contributed by atoms with Crippen LogP contribution in [-0.2, 0) is 32.6 Å². The van der Waals surface area contributed by atoms with Crippen LogP contribution < -0.4 is 21.2 Å². The Hall–Kier alpha value is -3.58. The molecular weight excluding hydrogens is 833 g/mol. The van der Waals surface area contributed by atoms with E-state index in [0.717, 1.165) is 24.2 Å². The molecule has 0 spiro atoms. The van der Waals surface area contributed by atoms with Crippen LogP contribution in [0.5, 0.6) is 0 Å². The maximum absolute atomic E-state index is 4.51. The van der Waals surface area contributed by atoms with Crippen molar-refractivity contribution in [2.75, 3.05) is 0 Å². The van der Waals surface area contributed by atoms with Crippen molar-refractivity contribution in [3.8, 4) is 11.4 Å². The zero-order valence-corrected chi connectivity index (χ0v) is 35.4. The van der Waals surface area contributed by atoms with Gasteiger partial charge in [-0.1, -0.05) is 114 Å². The Bertz CT molecular complexity index is 1700. The molecule has 51 heavy (non-hydrogen) atoms. The van der Waals surface area contributed by atoms with E-state index in [-0.39, 0.29) is 30.6 Å². The van der Waals surface area contributed by atoms with E-state index in [4.69, 9.17) is 0 Å². The van der Waals surface area contributed by atoms with Crippen LogP contribution in [0.2, 0.25) is 0 Å². The summed E-state index contributed by atoms with van der Waals surface area (Å²) in [6.45, 7) is 13.6. The number of pyridine rings is 2. The van der Waals surface area contributed by atoms with Crippen molar-refractivity contribution in [1.82, 2.24) is 9.97 Å². The van der Waals surface area contributed by atoms with E-state index in [9.17, 15) is 0 Å². The molecule has 0 atom stereocenters. The van der Waals surface area contributed by atoms with Crippen LogP contribution in [0, 0.1) is 10.8 Å². The molecule has 0 bridgehead atoms. The van der Waals surface area contributed by atoms with Crippen LogP contribution in [0.4, 0.5) is 0 Å². The summed E-state index contributed by atoms with van der Waals surface area (Å²) in [5.74, 6) is 5.01. The Morgan fingerprint density at radius 2 is 0.706 bits per heavy atom. The van der Waals surface area contributed by atoms with Crippen molar-refractivity contribution in [3.05, 3.63) is 181 Å². The van der Waals surface area contributed by atoms with Gasteiger partial charge in [0.05, 0.1) is 27.2 Å². The molecular formula is C46H52N2OsP2+2.